The number of aryl methyl sites for hydroxylation is 1. The van der Waals surface area contributed by atoms with Crippen molar-refractivity contribution in [2.75, 3.05) is 12.4 Å². The zero-order chi connectivity index (χ0) is 13.8. The third-order valence-corrected chi connectivity index (χ3v) is 3.65. The van der Waals surface area contributed by atoms with Crippen molar-refractivity contribution in [2.24, 2.45) is 0 Å². The zero-order valence-corrected chi connectivity index (χ0v) is 13.9. The van der Waals surface area contributed by atoms with Crippen molar-refractivity contribution in [3.05, 3.63) is 50.7 Å². The van der Waals surface area contributed by atoms with Crippen LogP contribution in [-0.4, -0.2) is 12.1 Å². The van der Waals surface area contributed by atoms with Crippen molar-refractivity contribution in [2.45, 2.75) is 13.5 Å². The van der Waals surface area contributed by atoms with Gasteiger partial charge in [0, 0.05) is 15.1 Å². The quantitative estimate of drug-likeness (QED) is 0.839. The molecule has 2 aromatic rings. The highest BCUT2D eigenvalue weighted by molar-refractivity contribution is 9.10. The highest BCUT2D eigenvalue weighted by Gasteiger charge is 2.08. The first-order valence-corrected chi connectivity index (χ1v) is 7.37. The van der Waals surface area contributed by atoms with Crippen LogP contribution in [-0.2, 0) is 6.54 Å². The molecule has 0 aliphatic rings. The van der Waals surface area contributed by atoms with E-state index in [0.29, 0.717) is 6.54 Å². The molecule has 0 aliphatic carbocycles. The van der Waals surface area contributed by atoms with Crippen molar-refractivity contribution >= 4 is 37.5 Å². The smallest absolute Gasteiger partial charge is 0.143 e. The summed E-state index contributed by atoms with van der Waals surface area (Å²) in [7, 11) is 1.67. The molecule has 0 saturated carbocycles. The highest BCUT2D eigenvalue weighted by Crippen LogP contribution is 2.32. The van der Waals surface area contributed by atoms with Crippen LogP contribution in [0.4, 0.5) is 5.69 Å². The number of rotatable bonds is 4. The van der Waals surface area contributed by atoms with Crippen LogP contribution in [0.1, 0.15) is 11.3 Å². The van der Waals surface area contributed by atoms with Crippen molar-refractivity contribution in [3.8, 4) is 5.75 Å². The van der Waals surface area contributed by atoms with Gasteiger partial charge in [-0.3, -0.25) is 4.98 Å². The van der Waals surface area contributed by atoms with Crippen LogP contribution >= 0.6 is 31.9 Å². The maximum atomic E-state index is 5.39. The van der Waals surface area contributed by atoms with E-state index in [1.54, 1.807) is 13.3 Å². The lowest BCUT2D eigenvalue weighted by atomic mass is 10.2. The molecule has 100 valence electrons. The predicted molar refractivity (Wildman–Crippen MR) is 84.7 cm³/mol. The van der Waals surface area contributed by atoms with Crippen LogP contribution < -0.4 is 10.1 Å². The minimum Gasteiger partial charge on any atom is -0.495 e. The molecule has 1 N–H and O–H groups in total. The average Bonchev–Trinajstić information content (AvgIpc) is 2.39. The monoisotopic (exact) mass is 384 g/mol. The molecule has 0 spiro atoms. The third kappa shape index (κ3) is 3.70. The summed E-state index contributed by atoms with van der Waals surface area (Å²) >= 11 is 6.84. The number of ether oxygens (including phenoxy) is 1. The van der Waals surface area contributed by atoms with E-state index in [-0.39, 0.29) is 0 Å². The summed E-state index contributed by atoms with van der Waals surface area (Å²) in [5.41, 5.74) is 3.10. The number of benzene rings is 1. The van der Waals surface area contributed by atoms with E-state index in [1.807, 2.05) is 25.1 Å². The van der Waals surface area contributed by atoms with Gasteiger partial charge in [-0.05, 0) is 52.7 Å². The Morgan fingerprint density at radius 1 is 1.21 bits per heavy atom. The van der Waals surface area contributed by atoms with E-state index in [2.05, 4.69) is 48.2 Å². The summed E-state index contributed by atoms with van der Waals surface area (Å²) in [6.45, 7) is 2.71. The summed E-state index contributed by atoms with van der Waals surface area (Å²) in [5, 5.41) is 3.37. The molecule has 0 radical (unpaired) electrons. The molecule has 2 rings (SSSR count). The normalized spacial score (nSPS) is 10.3. The number of hydrogen-bond donors (Lipinski definition) is 1. The van der Waals surface area contributed by atoms with Gasteiger partial charge in [0.05, 0.1) is 25.0 Å². The second kappa shape index (κ2) is 6.39. The number of anilines is 1. The van der Waals surface area contributed by atoms with E-state index < -0.39 is 0 Å². The molecule has 0 unspecified atom stereocenters. The molecule has 0 aliphatic heterocycles. The maximum absolute atomic E-state index is 5.39. The Kier molecular flexibility index (Phi) is 4.82. The molecule has 0 atom stereocenters. The van der Waals surface area contributed by atoms with Crippen LogP contribution in [0.15, 0.2) is 39.4 Å². The Morgan fingerprint density at radius 2 is 2.00 bits per heavy atom. The van der Waals surface area contributed by atoms with Gasteiger partial charge in [0.25, 0.3) is 0 Å². The van der Waals surface area contributed by atoms with E-state index in [1.165, 1.54) is 0 Å². The Bertz CT molecular complexity index is 570. The van der Waals surface area contributed by atoms with Crippen LogP contribution in [0.5, 0.6) is 5.75 Å². The van der Waals surface area contributed by atoms with Crippen molar-refractivity contribution in [1.29, 1.82) is 0 Å². The summed E-state index contributed by atoms with van der Waals surface area (Å²) in [4.78, 5) is 4.34. The van der Waals surface area contributed by atoms with Gasteiger partial charge in [0.2, 0.25) is 0 Å². The number of hydrogen-bond acceptors (Lipinski definition) is 3. The molecule has 0 bridgehead atoms. The molecule has 0 amide bonds. The molecular weight excluding hydrogens is 372 g/mol. The van der Waals surface area contributed by atoms with E-state index in [4.69, 9.17) is 4.74 Å². The van der Waals surface area contributed by atoms with Gasteiger partial charge in [0.1, 0.15) is 5.75 Å². The molecule has 1 heterocycles. The predicted octanol–water partition coefficient (Wildman–Crippen LogP) is 4.54. The number of pyridine rings is 1. The Hall–Kier alpha value is -1.07. The molecule has 1 aromatic carbocycles. The van der Waals surface area contributed by atoms with Crippen LogP contribution in [0.3, 0.4) is 0 Å². The number of nitrogens with one attached hydrogen (secondary N) is 1. The third-order valence-electron chi connectivity index (χ3n) is 2.72. The van der Waals surface area contributed by atoms with Crippen molar-refractivity contribution < 1.29 is 4.74 Å². The lowest BCUT2D eigenvalue weighted by Crippen LogP contribution is -2.04. The van der Waals surface area contributed by atoms with Gasteiger partial charge in [-0.1, -0.05) is 15.9 Å². The molecule has 0 fully saturated rings. The van der Waals surface area contributed by atoms with Gasteiger partial charge < -0.3 is 10.1 Å². The van der Waals surface area contributed by atoms with E-state index >= 15 is 0 Å². The summed E-state index contributed by atoms with van der Waals surface area (Å²) in [6, 6.07) is 7.97. The number of nitrogens with zero attached hydrogens (tertiary/aromatic N) is 1. The number of halogens is 2. The van der Waals surface area contributed by atoms with Gasteiger partial charge in [-0.2, -0.15) is 0 Å². The summed E-state index contributed by atoms with van der Waals surface area (Å²) in [6.07, 6.45) is 1.79. The molecule has 5 heteroatoms. The lowest BCUT2D eigenvalue weighted by Gasteiger charge is -2.14. The lowest BCUT2D eigenvalue weighted by molar-refractivity contribution is 0.416. The Labute approximate surface area is 129 Å². The van der Waals surface area contributed by atoms with Crippen LogP contribution in [0.2, 0.25) is 0 Å². The summed E-state index contributed by atoms with van der Waals surface area (Å²) in [5.74, 6) is 0.823. The Morgan fingerprint density at radius 3 is 2.63 bits per heavy atom. The van der Waals surface area contributed by atoms with E-state index in [9.17, 15) is 0 Å². The van der Waals surface area contributed by atoms with Gasteiger partial charge in [-0.25, -0.2) is 0 Å². The topological polar surface area (TPSA) is 34.1 Å². The summed E-state index contributed by atoms with van der Waals surface area (Å²) < 4.78 is 7.38. The van der Waals surface area contributed by atoms with E-state index in [0.717, 1.165) is 31.6 Å². The molecular formula is C14H14Br2N2O. The maximum Gasteiger partial charge on any atom is 0.143 e. The highest BCUT2D eigenvalue weighted by atomic mass is 79.9. The fourth-order valence-corrected chi connectivity index (χ4v) is 2.58. The van der Waals surface area contributed by atoms with Crippen LogP contribution in [0.25, 0.3) is 0 Å². The SMILES string of the molecule is COc1cc(Br)cc(C)c1NCc1ccc(Br)cn1. The van der Waals surface area contributed by atoms with Crippen molar-refractivity contribution in [1.82, 2.24) is 4.98 Å². The standard InChI is InChI=1S/C14H14Br2N2O/c1-9-5-11(16)6-13(19-2)14(9)18-8-12-4-3-10(15)7-17-12/h3-7,18H,8H2,1-2H3. The minimum atomic E-state index is 0.659. The average molecular weight is 386 g/mol. The molecule has 0 saturated heterocycles. The first kappa shape index (κ1) is 14.3. The molecule has 3 nitrogen and oxygen atoms in total. The fraction of sp³-hybridized carbons (Fsp3) is 0.214. The van der Waals surface area contributed by atoms with Gasteiger partial charge in [0.15, 0.2) is 0 Å². The minimum absolute atomic E-state index is 0.659. The van der Waals surface area contributed by atoms with Gasteiger partial charge >= 0.3 is 0 Å². The number of aromatic nitrogens is 1. The van der Waals surface area contributed by atoms with Crippen LogP contribution in [0, 0.1) is 6.92 Å². The van der Waals surface area contributed by atoms with Gasteiger partial charge in [-0.15, -0.1) is 0 Å². The second-order valence-electron chi connectivity index (χ2n) is 4.12. The van der Waals surface area contributed by atoms with Crippen molar-refractivity contribution in [3.63, 3.8) is 0 Å². The number of methoxy groups -OCH3 is 1. The second-order valence-corrected chi connectivity index (χ2v) is 5.95. The zero-order valence-electron chi connectivity index (χ0n) is 10.7. The Balaban J connectivity index is 2.17. The molecule has 1 aromatic heterocycles. The fourth-order valence-electron chi connectivity index (χ4n) is 1.79. The largest absolute Gasteiger partial charge is 0.495 e. The molecule has 19 heavy (non-hydrogen) atoms. The first-order chi connectivity index (χ1) is 9.10. The first-order valence-electron chi connectivity index (χ1n) is 5.78.